The summed E-state index contributed by atoms with van der Waals surface area (Å²) in [6, 6.07) is 61.4. The van der Waals surface area contributed by atoms with Gasteiger partial charge in [0.05, 0.1) is 0 Å². The van der Waals surface area contributed by atoms with Gasteiger partial charge in [-0.25, -0.2) is 4.99 Å². The smallest absolute Gasteiger partial charge is 0.128 e. The van der Waals surface area contributed by atoms with Crippen molar-refractivity contribution in [1.29, 1.82) is 0 Å². The minimum atomic E-state index is -0.352. The lowest BCUT2D eigenvalue weighted by Crippen LogP contribution is -2.24. The molecule has 0 saturated heterocycles. The molecule has 1 unspecified atom stereocenters. The Morgan fingerprint density at radius 2 is 1.30 bits per heavy atom. The molecule has 0 radical (unpaired) electrons. The van der Waals surface area contributed by atoms with E-state index in [4.69, 9.17) is 10.7 Å². The quantitative estimate of drug-likeness (QED) is 0.101. The average molecular weight is 665 g/mol. The van der Waals surface area contributed by atoms with Gasteiger partial charge in [-0.15, -0.1) is 11.3 Å². The summed E-state index contributed by atoms with van der Waals surface area (Å²) in [7, 11) is 0. The minimum Gasteiger partial charge on any atom is -0.383 e. The second-order valence-corrected chi connectivity index (χ2v) is 13.4. The summed E-state index contributed by atoms with van der Waals surface area (Å²) in [6.07, 6.45) is -0.352. The van der Waals surface area contributed by atoms with E-state index >= 15 is 0 Å². The topological polar surface area (TPSA) is 62.4 Å². The molecular weight excluding hydrogens is 629 g/mol. The van der Waals surface area contributed by atoms with E-state index in [0.717, 1.165) is 33.6 Å². The van der Waals surface area contributed by atoms with E-state index in [0.29, 0.717) is 12.4 Å². The monoisotopic (exact) mass is 664 g/mol. The van der Waals surface area contributed by atoms with Crippen molar-refractivity contribution in [2.24, 2.45) is 10.7 Å². The highest BCUT2D eigenvalue weighted by molar-refractivity contribution is 7.26. The van der Waals surface area contributed by atoms with E-state index < -0.39 is 0 Å². The molecule has 0 aliphatic heterocycles. The van der Waals surface area contributed by atoms with Crippen LogP contribution in [0.25, 0.3) is 42.4 Å². The second-order valence-electron chi connectivity index (χ2n) is 12.3. The number of benzene rings is 7. The molecule has 4 nitrogen and oxygen atoms in total. The number of thiophene rings is 1. The predicted octanol–water partition coefficient (Wildman–Crippen LogP) is 11.3. The number of nitrogens with zero attached hydrogens (tertiary/aromatic N) is 1. The molecule has 0 bridgehead atoms. The lowest BCUT2D eigenvalue weighted by molar-refractivity contribution is 0.554. The zero-order chi connectivity index (χ0) is 33.7. The van der Waals surface area contributed by atoms with Gasteiger partial charge in [0.25, 0.3) is 0 Å². The van der Waals surface area contributed by atoms with E-state index in [2.05, 4.69) is 150 Å². The number of aliphatic imine (C=N–C) groups is 1. The molecule has 1 aromatic heterocycles. The van der Waals surface area contributed by atoms with E-state index in [1.165, 1.54) is 36.9 Å². The normalized spacial score (nSPS) is 12.3. The van der Waals surface area contributed by atoms with Gasteiger partial charge in [0, 0.05) is 49.2 Å². The van der Waals surface area contributed by atoms with Crippen molar-refractivity contribution in [3.63, 3.8) is 0 Å². The molecule has 5 heteroatoms. The van der Waals surface area contributed by atoms with Gasteiger partial charge in [-0.1, -0.05) is 146 Å². The molecule has 0 amide bonds. The van der Waals surface area contributed by atoms with Crippen molar-refractivity contribution in [3.8, 4) is 22.3 Å². The number of amidine groups is 1. The van der Waals surface area contributed by atoms with Crippen molar-refractivity contribution < 1.29 is 0 Å². The Kier molecular flexibility index (Phi) is 8.90. The first kappa shape index (κ1) is 31.3. The minimum absolute atomic E-state index is 0.352. The van der Waals surface area contributed by atoms with Crippen LogP contribution in [-0.2, 0) is 6.54 Å². The summed E-state index contributed by atoms with van der Waals surface area (Å²) in [6.45, 7) is 0.654. The van der Waals surface area contributed by atoms with Crippen molar-refractivity contribution >= 4 is 48.7 Å². The lowest BCUT2D eigenvalue weighted by Gasteiger charge is -2.19. The van der Waals surface area contributed by atoms with E-state index in [1.54, 1.807) is 0 Å². The van der Waals surface area contributed by atoms with Gasteiger partial charge in [-0.05, 0) is 58.1 Å². The van der Waals surface area contributed by atoms with Crippen LogP contribution >= 0.6 is 11.3 Å². The highest BCUT2D eigenvalue weighted by Crippen LogP contribution is 2.42. The molecule has 1 heterocycles. The van der Waals surface area contributed by atoms with Crippen LogP contribution in [0.1, 0.15) is 22.9 Å². The third-order valence-electron chi connectivity index (χ3n) is 8.98. The van der Waals surface area contributed by atoms with Crippen molar-refractivity contribution in [2.45, 2.75) is 12.7 Å². The molecular formula is C45H36N4S. The standard InChI is InChI=1S/C45H36N4S/c46-44(33-18-8-3-9-19-33)49-45(47-30-31-14-4-1-5-15-31)35-20-12-21-36(28-35)48-41-27-26-34(29-40(41)32-16-6-2-7-17-32)37-23-13-24-39-38-22-10-11-25-42(38)50-43(37)39/h1-29,45,47-48H,30H2,(H2,46,49). The maximum atomic E-state index is 6.56. The Balaban J connectivity index is 1.16. The number of hydrogen-bond acceptors (Lipinski definition) is 4. The van der Waals surface area contributed by atoms with Crippen molar-refractivity contribution in [3.05, 3.63) is 193 Å². The second kappa shape index (κ2) is 14.2. The van der Waals surface area contributed by atoms with Crippen molar-refractivity contribution in [2.75, 3.05) is 5.32 Å². The van der Waals surface area contributed by atoms with Crippen LogP contribution in [0, 0.1) is 0 Å². The summed E-state index contributed by atoms with van der Waals surface area (Å²) in [5.74, 6) is 0.491. The number of anilines is 2. The zero-order valence-electron chi connectivity index (χ0n) is 27.5. The SMILES string of the molecule is NC(=NC(NCc1ccccc1)c1cccc(Nc2ccc(-c3cccc4c3sc3ccccc34)cc2-c2ccccc2)c1)c1ccccc1. The number of rotatable bonds is 10. The summed E-state index contributed by atoms with van der Waals surface area (Å²) in [5.41, 5.74) is 16.4. The fourth-order valence-corrected chi connectivity index (χ4v) is 7.70. The summed E-state index contributed by atoms with van der Waals surface area (Å²) < 4.78 is 2.62. The molecule has 8 aromatic rings. The Labute approximate surface area is 296 Å². The highest BCUT2D eigenvalue weighted by Gasteiger charge is 2.15. The highest BCUT2D eigenvalue weighted by atomic mass is 32.1. The number of hydrogen-bond donors (Lipinski definition) is 3. The molecule has 8 rings (SSSR count). The number of nitrogens with two attached hydrogens (primary N) is 1. The molecule has 1 atom stereocenters. The zero-order valence-corrected chi connectivity index (χ0v) is 28.3. The number of fused-ring (bicyclic) bond motifs is 3. The Morgan fingerprint density at radius 1 is 0.600 bits per heavy atom. The van der Waals surface area contributed by atoms with E-state index in [1.807, 2.05) is 47.7 Å². The van der Waals surface area contributed by atoms with Gasteiger partial charge in [-0.3, -0.25) is 5.32 Å². The van der Waals surface area contributed by atoms with Gasteiger partial charge >= 0.3 is 0 Å². The number of nitrogens with one attached hydrogen (secondary N) is 2. The van der Waals surface area contributed by atoms with Gasteiger partial charge in [0.15, 0.2) is 0 Å². The maximum Gasteiger partial charge on any atom is 0.128 e. The van der Waals surface area contributed by atoms with Gasteiger partial charge in [0.1, 0.15) is 12.0 Å². The van der Waals surface area contributed by atoms with Crippen molar-refractivity contribution in [1.82, 2.24) is 5.32 Å². The largest absolute Gasteiger partial charge is 0.383 e. The van der Waals surface area contributed by atoms with Crippen LogP contribution in [-0.4, -0.2) is 5.84 Å². The summed E-state index contributed by atoms with van der Waals surface area (Å²) >= 11 is 1.86. The van der Waals surface area contributed by atoms with Crippen LogP contribution in [0.3, 0.4) is 0 Å². The molecule has 0 aliphatic carbocycles. The predicted molar refractivity (Wildman–Crippen MR) is 213 cm³/mol. The van der Waals surface area contributed by atoms with E-state index in [-0.39, 0.29) is 6.17 Å². The van der Waals surface area contributed by atoms with Crippen LogP contribution in [0.4, 0.5) is 11.4 Å². The van der Waals surface area contributed by atoms with Gasteiger partial charge in [0.2, 0.25) is 0 Å². The van der Waals surface area contributed by atoms with Gasteiger partial charge in [-0.2, -0.15) is 0 Å². The van der Waals surface area contributed by atoms with Crippen LogP contribution in [0.2, 0.25) is 0 Å². The van der Waals surface area contributed by atoms with Crippen LogP contribution in [0.5, 0.6) is 0 Å². The molecule has 0 aliphatic rings. The molecule has 0 fully saturated rings. The van der Waals surface area contributed by atoms with Crippen LogP contribution in [0.15, 0.2) is 181 Å². The Morgan fingerprint density at radius 3 is 2.12 bits per heavy atom. The fraction of sp³-hybridized carbons (Fsp3) is 0.0444. The lowest BCUT2D eigenvalue weighted by atomic mass is 9.96. The molecule has 242 valence electrons. The Hall–Kier alpha value is -6.01. The van der Waals surface area contributed by atoms with E-state index in [9.17, 15) is 0 Å². The average Bonchev–Trinajstić information content (AvgIpc) is 3.57. The third-order valence-corrected chi connectivity index (χ3v) is 10.2. The first-order valence-electron chi connectivity index (χ1n) is 16.8. The Bertz CT molecular complexity index is 2420. The first-order valence-corrected chi connectivity index (χ1v) is 17.6. The third kappa shape index (κ3) is 6.65. The molecule has 4 N–H and O–H groups in total. The summed E-state index contributed by atoms with van der Waals surface area (Å²) in [5, 5.41) is 10.0. The van der Waals surface area contributed by atoms with Crippen LogP contribution < -0.4 is 16.4 Å². The molecule has 50 heavy (non-hydrogen) atoms. The first-order chi connectivity index (χ1) is 24.7. The molecule has 0 spiro atoms. The maximum absolute atomic E-state index is 6.56. The molecule has 0 saturated carbocycles. The van der Waals surface area contributed by atoms with Gasteiger partial charge < -0.3 is 11.1 Å². The summed E-state index contributed by atoms with van der Waals surface area (Å²) in [4.78, 5) is 4.99. The molecule has 7 aromatic carbocycles. The fourth-order valence-electron chi connectivity index (χ4n) is 6.46.